The van der Waals surface area contributed by atoms with Crippen molar-refractivity contribution in [2.45, 2.75) is 34.2 Å². The number of amides is 1. The Morgan fingerprint density at radius 3 is 2.29 bits per heavy atom. The van der Waals surface area contributed by atoms with Gasteiger partial charge in [-0.25, -0.2) is 4.79 Å². The summed E-state index contributed by atoms with van der Waals surface area (Å²) in [5, 5.41) is 0. The normalized spacial score (nSPS) is 10.5. The van der Waals surface area contributed by atoms with Gasteiger partial charge in [-0.15, -0.1) is 0 Å². The van der Waals surface area contributed by atoms with Crippen molar-refractivity contribution in [2.24, 2.45) is 0 Å². The minimum atomic E-state index is -0.657. The van der Waals surface area contributed by atoms with Crippen LogP contribution in [0.5, 0.6) is 5.75 Å². The predicted molar refractivity (Wildman–Crippen MR) is 105 cm³/mol. The smallest absolute Gasteiger partial charge is 0.355 e. The molecule has 1 heterocycles. The molecule has 0 fully saturated rings. The number of likely N-dealkylation sites (N-methyl/N-ethyl adjacent to an activating group) is 1. The van der Waals surface area contributed by atoms with Gasteiger partial charge in [0.05, 0.1) is 6.61 Å². The highest BCUT2D eigenvalue weighted by Crippen LogP contribution is 2.19. The molecule has 0 spiro atoms. The molecule has 0 saturated heterocycles. The van der Waals surface area contributed by atoms with Crippen LogP contribution < -0.4 is 4.74 Å². The Bertz CT molecular complexity index is 868. The van der Waals surface area contributed by atoms with Crippen molar-refractivity contribution in [3.8, 4) is 5.75 Å². The minimum absolute atomic E-state index is 0.128. The molecule has 0 atom stereocenters. The van der Waals surface area contributed by atoms with Crippen LogP contribution in [0.3, 0.4) is 0 Å². The maximum absolute atomic E-state index is 12.3. The summed E-state index contributed by atoms with van der Waals surface area (Å²) in [6, 6.07) is 7.46. The van der Waals surface area contributed by atoms with Crippen LogP contribution >= 0.6 is 0 Å². The summed E-state index contributed by atoms with van der Waals surface area (Å²) in [6.07, 6.45) is 0. The fourth-order valence-electron chi connectivity index (χ4n) is 3.01. The summed E-state index contributed by atoms with van der Waals surface area (Å²) in [6.45, 7) is 7.36. The van der Waals surface area contributed by atoms with Gasteiger partial charge < -0.3 is 19.4 Å². The number of ketones is 1. The molecule has 0 aliphatic rings. The standard InChI is InChI=1S/C21H26N2O5/c1-6-27-17-9-7-16(8-10-17)11-23(5)18(25)12-28-21(26)20-13(2)19(15(4)24)14(3)22-20/h7-10,22H,6,11-12H2,1-5H3. The van der Waals surface area contributed by atoms with E-state index in [-0.39, 0.29) is 24.0 Å². The lowest BCUT2D eigenvalue weighted by atomic mass is 10.1. The highest BCUT2D eigenvalue weighted by atomic mass is 16.5. The third-order valence-electron chi connectivity index (χ3n) is 4.40. The molecule has 0 aliphatic heterocycles. The lowest BCUT2D eigenvalue weighted by molar-refractivity contribution is -0.133. The largest absolute Gasteiger partial charge is 0.494 e. The Morgan fingerprint density at radius 1 is 1.11 bits per heavy atom. The maximum Gasteiger partial charge on any atom is 0.355 e. The number of Topliss-reactive ketones (excluding diaryl/α,β-unsaturated/α-hetero) is 1. The number of aryl methyl sites for hydroxylation is 1. The lowest BCUT2D eigenvalue weighted by Gasteiger charge is -2.17. The molecule has 1 aromatic heterocycles. The average molecular weight is 386 g/mol. The van der Waals surface area contributed by atoms with Gasteiger partial charge in [0.2, 0.25) is 0 Å². The topological polar surface area (TPSA) is 88.7 Å². The van der Waals surface area contributed by atoms with Crippen molar-refractivity contribution in [1.82, 2.24) is 9.88 Å². The summed E-state index contributed by atoms with van der Waals surface area (Å²) >= 11 is 0. The molecule has 2 rings (SSSR count). The van der Waals surface area contributed by atoms with Gasteiger partial charge in [-0.05, 0) is 51.0 Å². The molecule has 28 heavy (non-hydrogen) atoms. The van der Waals surface area contributed by atoms with Crippen LogP contribution in [0.1, 0.15) is 51.5 Å². The van der Waals surface area contributed by atoms with E-state index in [4.69, 9.17) is 9.47 Å². The van der Waals surface area contributed by atoms with E-state index >= 15 is 0 Å². The monoisotopic (exact) mass is 386 g/mol. The van der Waals surface area contributed by atoms with Crippen molar-refractivity contribution in [2.75, 3.05) is 20.3 Å². The number of hydrogen-bond acceptors (Lipinski definition) is 5. The molecular formula is C21H26N2O5. The molecule has 2 aromatic rings. The number of nitrogens with one attached hydrogen (secondary N) is 1. The van der Waals surface area contributed by atoms with E-state index in [0.29, 0.717) is 30.0 Å². The molecule has 1 amide bonds. The van der Waals surface area contributed by atoms with Crippen LogP contribution in [0.25, 0.3) is 0 Å². The van der Waals surface area contributed by atoms with Crippen molar-refractivity contribution in [3.63, 3.8) is 0 Å². The summed E-state index contributed by atoms with van der Waals surface area (Å²) in [5.74, 6) is -0.335. The van der Waals surface area contributed by atoms with Gasteiger partial charge in [0, 0.05) is 24.8 Å². The molecular weight excluding hydrogens is 360 g/mol. The van der Waals surface area contributed by atoms with E-state index < -0.39 is 5.97 Å². The summed E-state index contributed by atoms with van der Waals surface area (Å²) in [7, 11) is 1.64. The number of carbonyl (C=O) groups excluding carboxylic acids is 3. The number of nitrogens with zero attached hydrogens (tertiary/aromatic N) is 1. The number of aromatic nitrogens is 1. The molecule has 0 unspecified atom stereocenters. The number of ether oxygens (including phenoxy) is 2. The molecule has 0 bridgehead atoms. The van der Waals surface area contributed by atoms with Crippen LogP contribution in [0, 0.1) is 13.8 Å². The second-order valence-corrected chi connectivity index (χ2v) is 6.58. The van der Waals surface area contributed by atoms with Crippen LogP contribution in [0.2, 0.25) is 0 Å². The Hall–Kier alpha value is -3.09. The van der Waals surface area contributed by atoms with Crippen molar-refractivity contribution < 1.29 is 23.9 Å². The van der Waals surface area contributed by atoms with E-state index in [9.17, 15) is 14.4 Å². The van der Waals surface area contributed by atoms with E-state index in [1.54, 1.807) is 20.9 Å². The van der Waals surface area contributed by atoms with Crippen molar-refractivity contribution >= 4 is 17.7 Å². The van der Waals surface area contributed by atoms with Gasteiger partial charge in [0.25, 0.3) is 5.91 Å². The zero-order valence-electron chi connectivity index (χ0n) is 16.9. The first-order chi connectivity index (χ1) is 13.2. The fourth-order valence-corrected chi connectivity index (χ4v) is 3.01. The Labute approximate surface area is 164 Å². The first-order valence-corrected chi connectivity index (χ1v) is 9.07. The third kappa shape index (κ3) is 5.00. The first kappa shape index (κ1) is 21.2. The first-order valence-electron chi connectivity index (χ1n) is 9.07. The molecule has 1 N–H and O–H groups in total. The second-order valence-electron chi connectivity index (χ2n) is 6.58. The van der Waals surface area contributed by atoms with E-state index in [1.807, 2.05) is 31.2 Å². The molecule has 0 saturated carbocycles. The molecule has 7 nitrogen and oxygen atoms in total. The fraction of sp³-hybridized carbons (Fsp3) is 0.381. The Morgan fingerprint density at radius 2 is 1.75 bits per heavy atom. The molecule has 7 heteroatoms. The number of hydrogen-bond donors (Lipinski definition) is 1. The molecule has 1 aromatic carbocycles. The zero-order chi connectivity index (χ0) is 20.8. The van der Waals surface area contributed by atoms with E-state index in [0.717, 1.165) is 11.3 Å². The lowest BCUT2D eigenvalue weighted by Crippen LogP contribution is -2.31. The van der Waals surface area contributed by atoms with Crippen LogP contribution in [0.15, 0.2) is 24.3 Å². The number of carbonyl (C=O) groups is 3. The van der Waals surface area contributed by atoms with Crippen LogP contribution in [0.4, 0.5) is 0 Å². The zero-order valence-corrected chi connectivity index (χ0v) is 16.9. The Balaban J connectivity index is 1.93. The number of rotatable bonds is 8. The number of benzene rings is 1. The maximum atomic E-state index is 12.3. The SMILES string of the molecule is CCOc1ccc(CN(C)C(=O)COC(=O)c2[nH]c(C)c(C(C)=O)c2C)cc1. The highest BCUT2D eigenvalue weighted by Gasteiger charge is 2.22. The number of aromatic amines is 1. The number of esters is 1. The quantitative estimate of drug-likeness (QED) is 0.556. The van der Waals surface area contributed by atoms with Crippen molar-refractivity contribution in [1.29, 1.82) is 0 Å². The van der Waals surface area contributed by atoms with Gasteiger partial charge in [0.1, 0.15) is 11.4 Å². The number of H-pyrrole nitrogens is 1. The third-order valence-corrected chi connectivity index (χ3v) is 4.40. The Kier molecular flexibility index (Phi) is 6.98. The second kappa shape index (κ2) is 9.21. The average Bonchev–Trinajstić information content (AvgIpc) is 2.95. The predicted octanol–water partition coefficient (Wildman–Crippen LogP) is 3.05. The van der Waals surface area contributed by atoms with Gasteiger partial charge in [-0.2, -0.15) is 0 Å². The molecule has 0 radical (unpaired) electrons. The summed E-state index contributed by atoms with van der Waals surface area (Å²) in [4.78, 5) is 40.6. The van der Waals surface area contributed by atoms with Gasteiger partial charge >= 0.3 is 5.97 Å². The summed E-state index contributed by atoms with van der Waals surface area (Å²) < 4.78 is 10.5. The van der Waals surface area contributed by atoms with Gasteiger partial charge in [0.15, 0.2) is 12.4 Å². The van der Waals surface area contributed by atoms with Gasteiger partial charge in [-0.1, -0.05) is 12.1 Å². The highest BCUT2D eigenvalue weighted by molar-refractivity contribution is 6.01. The van der Waals surface area contributed by atoms with E-state index in [1.165, 1.54) is 11.8 Å². The van der Waals surface area contributed by atoms with E-state index in [2.05, 4.69) is 4.98 Å². The van der Waals surface area contributed by atoms with Crippen LogP contribution in [-0.2, 0) is 16.1 Å². The summed E-state index contributed by atoms with van der Waals surface area (Å²) in [5.41, 5.74) is 2.75. The van der Waals surface area contributed by atoms with Gasteiger partial charge in [-0.3, -0.25) is 9.59 Å². The van der Waals surface area contributed by atoms with Crippen molar-refractivity contribution in [3.05, 3.63) is 52.3 Å². The molecule has 0 aliphatic carbocycles. The van der Waals surface area contributed by atoms with Crippen LogP contribution in [-0.4, -0.2) is 47.8 Å². The minimum Gasteiger partial charge on any atom is -0.494 e. The molecule has 150 valence electrons.